The number of hydrogen-bond acceptors (Lipinski definition) is 12. The Morgan fingerprint density at radius 1 is 0.727 bits per heavy atom. The van der Waals surface area contributed by atoms with Crippen molar-refractivity contribution in [3.8, 4) is 0 Å². The summed E-state index contributed by atoms with van der Waals surface area (Å²) < 4.78 is 0. The predicted molar refractivity (Wildman–Crippen MR) is 91.1 cm³/mol. The Labute approximate surface area is 362 Å². The second-order valence-electron chi connectivity index (χ2n) is 4.67. The van der Waals surface area contributed by atoms with Crippen molar-refractivity contribution in [3.05, 3.63) is 35.9 Å². The van der Waals surface area contributed by atoms with Crippen molar-refractivity contribution >= 4 is 23.9 Å². The van der Waals surface area contributed by atoms with E-state index in [1.54, 1.807) is 30.3 Å². The van der Waals surface area contributed by atoms with Crippen LogP contribution in [0.5, 0.6) is 0 Å². The summed E-state index contributed by atoms with van der Waals surface area (Å²) in [6.07, 6.45) is -1.27. The fourth-order valence-electron chi connectivity index (χ4n) is 0.902. The molecule has 1 aromatic rings. The van der Waals surface area contributed by atoms with Gasteiger partial charge in [-0.15, -0.1) is 0 Å². The Kier molecular flexibility index (Phi) is 73.6. The maximum Gasteiger partial charge on any atom is 1.00 e. The van der Waals surface area contributed by atoms with Gasteiger partial charge in [0, 0.05) is 23.9 Å². The van der Waals surface area contributed by atoms with E-state index in [9.17, 15) is 5.11 Å². The van der Waals surface area contributed by atoms with Crippen LogP contribution in [0.3, 0.4) is 0 Å². The van der Waals surface area contributed by atoms with Gasteiger partial charge in [-0.05, 0) is 33.3 Å². The molecular weight excluding hydrogens is 553 g/mol. The van der Waals surface area contributed by atoms with Crippen molar-refractivity contribution in [1.82, 2.24) is 0 Å². The van der Waals surface area contributed by atoms with Crippen LogP contribution in [0.1, 0.15) is 39.4 Å². The van der Waals surface area contributed by atoms with Crippen molar-refractivity contribution in [1.29, 1.82) is 0 Å². The molecule has 33 heavy (non-hydrogen) atoms. The summed E-state index contributed by atoms with van der Waals surface area (Å²) >= 11 is 0. The molecule has 0 saturated carbocycles. The van der Waals surface area contributed by atoms with Crippen molar-refractivity contribution < 1.29 is 261 Å². The first-order chi connectivity index (χ1) is 12.4. The minimum absolute atomic E-state index is 0. The molecule has 0 radical (unpaired) electrons. The first kappa shape index (κ1) is 60.8. The molecule has 170 valence electrons. The van der Waals surface area contributed by atoms with Crippen LogP contribution < -0.4 is 237 Å². The van der Waals surface area contributed by atoms with Gasteiger partial charge in [0.25, 0.3) is 0 Å². The Hall–Kier alpha value is 3.45. The van der Waals surface area contributed by atoms with Gasteiger partial charge in [-0.25, -0.2) is 0 Å². The second-order valence-corrected chi connectivity index (χ2v) is 4.67. The summed E-state index contributed by atoms with van der Waals surface area (Å²) in [4.78, 5) is 35.6. The quantitative estimate of drug-likeness (QED) is 0.188. The van der Waals surface area contributed by atoms with Gasteiger partial charge in [0.15, 0.2) is 5.85 Å². The molecule has 0 heterocycles. The molecule has 0 aliphatic carbocycles. The van der Waals surface area contributed by atoms with Crippen molar-refractivity contribution in [2.45, 2.75) is 39.6 Å². The zero-order valence-electron chi connectivity index (χ0n) is 20.3. The van der Waals surface area contributed by atoms with Crippen LogP contribution in [0.15, 0.2) is 30.3 Å². The predicted octanol–water partition coefficient (Wildman–Crippen LogP) is -18.5. The van der Waals surface area contributed by atoms with E-state index >= 15 is 0 Å². The molecule has 1 rings (SSSR count). The van der Waals surface area contributed by atoms with Crippen LogP contribution in [0.25, 0.3) is 0 Å². The molecule has 0 amide bonds. The van der Waals surface area contributed by atoms with Gasteiger partial charge in [-0.2, -0.15) is 0 Å². The van der Waals surface area contributed by atoms with Crippen molar-refractivity contribution in [3.63, 3.8) is 0 Å². The van der Waals surface area contributed by atoms with E-state index in [0.29, 0.717) is 5.56 Å². The molecule has 1 aromatic carbocycles. The normalized spacial score (nSPS) is 8.24. The average molecular weight is 579 g/mol. The number of carboxylic acids is 4. The number of carbonyl (C=O) groups is 4. The third-order valence-corrected chi connectivity index (χ3v) is 1.55. The fraction of sp³-hybridized carbons (Fsp3) is 0.375. The third-order valence-electron chi connectivity index (χ3n) is 1.55. The van der Waals surface area contributed by atoms with Crippen LogP contribution >= 0.6 is 0 Å². The van der Waals surface area contributed by atoms with Gasteiger partial charge in [0.1, 0.15) is 6.10 Å². The number of benzene rings is 1. The molecule has 0 aliphatic rings. The van der Waals surface area contributed by atoms with E-state index < -0.39 is 35.8 Å². The minimum Gasteiger partial charge on any atom is -0.550 e. The van der Waals surface area contributed by atoms with Crippen LogP contribution in [0, 0.1) is 0 Å². The van der Waals surface area contributed by atoms with Crippen LogP contribution in [-0.4, -0.2) is 45.4 Å². The molecule has 0 spiro atoms. The first-order valence-electron chi connectivity index (χ1n) is 7.18. The zero-order chi connectivity index (χ0) is 23.5. The van der Waals surface area contributed by atoms with Gasteiger partial charge in [-0.3, -0.25) is 11.5 Å². The van der Waals surface area contributed by atoms with E-state index in [-0.39, 0.29) is 211 Å². The third kappa shape index (κ3) is 86.2. The molecule has 0 aromatic heterocycles. The van der Waals surface area contributed by atoms with Crippen LogP contribution in [-0.2, 0) is 19.2 Å². The number of rotatable bonds is 2. The number of aliphatic carboxylic acids is 4. The summed E-state index contributed by atoms with van der Waals surface area (Å²) in [5.74, 6) is -6.42. The standard InChI is InChI=1S/C8H12N2O2.4C2H4O2.4K.H2O/c9-8(10,12)7(11)6-4-2-1-3-5-6;4*1-2(3)4;;;;;/h1-5,7,11-12H,9-10H2;4*1H3,(H,3,4);;;;;1H2/q;;;;;4*+1;/p-4. The number of aliphatic hydroxyl groups is 2. The van der Waals surface area contributed by atoms with E-state index in [4.69, 9.17) is 56.2 Å². The molecular formula is C16H26K4N2O11. The number of hydrogen-bond donors (Lipinski definition) is 4. The second kappa shape index (κ2) is 39.9. The SMILES string of the molecule is CC(=O)[O-].CC(=O)[O-].CC(=O)[O-].CC(=O)[O-].NC(N)(O)C(O)c1ccccc1.O.[K+].[K+].[K+].[K+]. The molecule has 0 fully saturated rings. The Bertz CT molecular complexity index is 526. The van der Waals surface area contributed by atoms with Crippen LogP contribution in [0.4, 0.5) is 0 Å². The maximum atomic E-state index is 9.36. The van der Waals surface area contributed by atoms with E-state index in [0.717, 1.165) is 27.7 Å². The molecule has 0 bridgehead atoms. The van der Waals surface area contributed by atoms with Gasteiger partial charge in [-0.1, -0.05) is 30.3 Å². The summed E-state index contributed by atoms with van der Waals surface area (Å²) in [7, 11) is 0. The summed E-state index contributed by atoms with van der Waals surface area (Å²) in [6, 6.07) is 8.52. The minimum atomic E-state index is -2.08. The van der Waals surface area contributed by atoms with Gasteiger partial charge in [0.2, 0.25) is 0 Å². The molecule has 0 saturated heterocycles. The van der Waals surface area contributed by atoms with Gasteiger partial charge < -0.3 is 55.3 Å². The van der Waals surface area contributed by atoms with E-state index in [1.165, 1.54) is 0 Å². The Balaban J connectivity index is -0.0000000338. The average Bonchev–Trinajstić information content (AvgIpc) is 2.44. The number of carboxylic acid groups (broad SMARTS) is 4. The van der Waals surface area contributed by atoms with Crippen LogP contribution in [0.2, 0.25) is 0 Å². The zero-order valence-corrected chi connectivity index (χ0v) is 32.8. The van der Waals surface area contributed by atoms with E-state index in [2.05, 4.69) is 0 Å². The Morgan fingerprint density at radius 2 is 0.909 bits per heavy atom. The van der Waals surface area contributed by atoms with E-state index in [1.807, 2.05) is 0 Å². The summed E-state index contributed by atoms with van der Waals surface area (Å²) in [6.45, 7) is 3.89. The summed E-state index contributed by atoms with van der Waals surface area (Å²) in [5, 5.41) is 54.0. The summed E-state index contributed by atoms with van der Waals surface area (Å²) in [5.41, 5.74) is 10.7. The first-order valence-corrected chi connectivity index (χ1v) is 7.18. The molecule has 13 nitrogen and oxygen atoms in total. The molecule has 1 atom stereocenters. The number of aliphatic hydroxyl groups excluding tert-OH is 1. The maximum absolute atomic E-state index is 9.36. The van der Waals surface area contributed by atoms with Crippen molar-refractivity contribution in [2.75, 3.05) is 0 Å². The fourth-order valence-corrected chi connectivity index (χ4v) is 0.902. The number of carbonyl (C=O) groups excluding carboxylic acids is 4. The smallest absolute Gasteiger partial charge is 0.550 e. The van der Waals surface area contributed by atoms with Gasteiger partial charge >= 0.3 is 206 Å². The van der Waals surface area contributed by atoms with Crippen molar-refractivity contribution in [2.24, 2.45) is 11.5 Å². The number of nitrogens with two attached hydrogens (primary N) is 2. The van der Waals surface area contributed by atoms with Gasteiger partial charge in [0.05, 0.1) is 0 Å². The molecule has 0 aliphatic heterocycles. The molecule has 17 heteroatoms. The monoisotopic (exact) mass is 578 g/mol. The Morgan fingerprint density at radius 3 is 1.06 bits per heavy atom. The molecule has 1 unspecified atom stereocenters. The largest absolute Gasteiger partial charge is 1.00 e. The molecule has 8 N–H and O–H groups in total. The topological polar surface area (TPSA) is 285 Å².